The maximum Gasteiger partial charge on any atom is 0.0407 e. The number of nitrogens with zero attached hydrogens (tertiary/aromatic N) is 1. The van der Waals surface area contributed by atoms with Gasteiger partial charge in [0.2, 0.25) is 0 Å². The first-order valence-corrected chi connectivity index (χ1v) is 4.23. The van der Waals surface area contributed by atoms with Crippen molar-refractivity contribution >= 4 is 0 Å². The van der Waals surface area contributed by atoms with Gasteiger partial charge in [-0.3, -0.25) is 4.98 Å². The summed E-state index contributed by atoms with van der Waals surface area (Å²) < 4.78 is 0. The second kappa shape index (κ2) is 3.51. The molecule has 1 nitrogen and oxygen atoms in total. The average molecular weight is 149 g/mol. The molecule has 0 aliphatic heterocycles. The van der Waals surface area contributed by atoms with Crippen LogP contribution >= 0.6 is 0 Å². The number of aryl methyl sites for hydroxylation is 3. The number of aromatic nitrogens is 1. The second-order valence-corrected chi connectivity index (χ2v) is 2.75. The van der Waals surface area contributed by atoms with E-state index in [-0.39, 0.29) is 0 Å². The molecule has 1 heteroatoms. The first-order chi connectivity index (χ1) is 5.27. The summed E-state index contributed by atoms with van der Waals surface area (Å²) in [5.74, 6) is 0. The molecule has 1 rings (SSSR count). The zero-order valence-electron chi connectivity index (χ0n) is 7.52. The normalized spacial score (nSPS) is 10.1. The Morgan fingerprint density at radius 3 is 2.36 bits per heavy atom. The SMILES string of the molecule is CCc1ccc(CC)c(C)n1. The van der Waals surface area contributed by atoms with Crippen molar-refractivity contribution in [1.29, 1.82) is 0 Å². The lowest BCUT2D eigenvalue weighted by Crippen LogP contribution is -1.94. The van der Waals surface area contributed by atoms with Crippen LogP contribution in [0.15, 0.2) is 12.1 Å². The molecule has 0 aliphatic carbocycles. The van der Waals surface area contributed by atoms with Crippen molar-refractivity contribution in [2.75, 3.05) is 0 Å². The minimum atomic E-state index is 1.03. The van der Waals surface area contributed by atoms with Gasteiger partial charge < -0.3 is 0 Å². The van der Waals surface area contributed by atoms with E-state index in [4.69, 9.17) is 0 Å². The van der Waals surface area contributed by atoms with E-state index >= 15 is 0 Å². The largest absolute Gasteiger partial charge is 0.258 e. The summed E-state index contributed by atoms with van der Waals surface area (Å²) >= 11 is 0. The lowest BCUT2D eigenvalue weighted by molar-refractivity contribution is 0.966. The first kappa shape index (κ1) is 8.25. The van der Waals surface area contributed by atoms with E-state index in [1.807, 2.05) is 0 Å². The number of pyridine rings is 1. The molecule has 1 aromatic rings. The van der Waals surface area contributed by atoms with Crippen LogP contribution < -0.4 is 0 Å². The van der Waals surface area contributed by atoms with Crippen molar-refractivity contribution < 1.29 is 0 Å². The summed E-state index contributed by atoms with van der Waals surface area (Å²) in [5, 5.41) is 0. The zero-order valence-corrected chi connectivity index (χ0v) is 7.52. The smallest absolute Gasteiger partial charge is 0.0407 e. The fraction of sp³-hybridized carbons (Fsp3) is 0.500. The molecule has 1 aromatic heterocycles. The van der Waals surface area contributed by atoms with Crippen LogP contribution in [-0.4, -0.2) is 4.98 Å². The quantitative estimate of drug-likeness (QED) is 0.629. The summed E-state index contributed by atoms with van der Waals surface area (Å²) in [6, 6.07) is 4.30. The van der Waals surface area contributed by atoms with Gasteiger partial charge in [0.1, 0.15) is 0 Å². The Bertz CT molecular complexity index is 241. The highest BCUT2D eigenvalue weighted by Gasteiger charge is 1.97. The molecule has 0 spiro atoms. The predicted molar refractivity (Wildman–Crippen MR) is 47.7 cm³/mol. The third kappa shape index (κ3) is 1.79. The van der Waals surface area contributed by atoms with Gasteiger partial charge >= 0.3 is 0 Å². The van der Waals surface area contributed by atoms with Crippen molar-refractivity contribution in [2.45, 2.75) is 33.6 Å². The number of hydrogen-bond acceptors (Lipinski definition) is 1. The van der Waals surface area contributed by atoms with Crippen LogP contribution in [0, 0.1) is 6.92 Å². The van der Waals surface area contributed by atoms with Crippen molar-refractivity contribution in [1.82, 2.24) is 4.98 Å². The zero-order chi connectivity index (χ0) is 8.27. The second-order valence-electron chi connectivity index (χ2n) is 2.75. The standard InChI is InChI=1S/C10H15N/c1-4-9-6-7-10(5-2)11-8(9)3/h6-7H,4-5H2,1-3H3. The third-order valence-electron chi connectivity index (χ3n) is 2.00. The molecule has 0 aromatic carbocycles. The van der Waals surface area contributed by atoms with Crippen LogP contribution in [0.25, 0.3) is 0 Å². The maximum atomic E-state index is 4.46. The summed E-state index contributed by atoms with van der Waals surface area (Å²) in [5.41, 5.74) is 3.74. The van der Waals surface area contributed by atoms with Gasteiger partial charge in [-0.1, -0.05) is 19.9 Å². The molecule has 0 saturated heterocycles. The van der Waals surface area contributed by atoms with Gasteiger partial charge in [-0.2, -0.15) is 0 Å². The number of rotatable bonds is 2. The van der Waals surface area contributed by atoms with Gasteiger partial charge in [0.05, 0.1) is 0 Å². The van der Waals surface area contributed by atoms with Crippen molar-refractivity contribution in [3.63, 3.8) is 0 Å². The van der Waals surface area contributed by atoms with Crippen LogP contribution in [0.2, 0.25) is 0 Å². The van der Waals surface area contributed by atoms with Gasteiger partial charge in [-0.15, -0.1) is 0 Å². The summed E-state index contributed by atoms with van der Waals surface area (Å²) in [7, 11) is 0. The lowest BCUT2D eigenvalue weighted by Gasteiger charge is -2.03. The molecule has 60 valence electrons. The minimum absolute atomic E-state index is 1.03. The van der Waals surface area contributed by atoms with Gasteiger partial charge in [-0.25, -0.2) is 0 Å². The molecular weight excluding hydrogens is 134 g/mol. The summed E-state index contributed by atoms with van der Waals surface area (Å²) in [4.78, 5) is 4.46. The molecule has 0 fully saturated rings. The predicted octanol–water partition coefficient (Wildman–Crippen LogP) is 2.51. The molecule has 0 saturated carbocycles. The molecule has 0 N–H and O–H groups in total. The molecule has 0 amide bonds. The lowest BCUT2D eigenvalue weighted by atomic mass is 10.1. The Hall–Kier alpha value is -0.850. The molecule has 11 heavy (non-hydrogen) atoms. The average Bonchev–Trinajstić information content (AvgIpc) is 2.04. The van der Waals surface area contributed by atoms with Gasteiger partial charge in [0.25, 0.3) is 0 Å². The van der Waals surface area contributed by atoms with Crippen LogP contribution in [0.4, 0.5) is 0 Å². The van der Waals surface area contributed by atoms with Crippen LogP contribution in [0.3, 0.4) is 0 Å². The first-order valence-electron chi connectivity index (χ1n) is 4.23. The molecular formula is C10H15N. The van der Waals surface area contributed by atoms with Crippen molar-refractivity contribution in [3.05, 3.63) is 29.1 Å². The Balaban J connectivity index is 2.99. The van der Waals surface area contributed by atoms with E-state index in [0.717, 1.165) is 12.8 Å². The van der Waals surface area contributed by atoms with Crippen molar-refractivity contribution in [2.24, 2.45) is 0 Å². The van der Waals surface area contributed by atoms with E-state index in [1.165, 1.54) is 17.0 Å². The number of hydrogen-bond donors (Lipinski definition) is 0. The summed E-state index contributed by atoms with van der Waals surface area (Å²) in [6.45, 7) is 6.38. The topological polar surface area (TPSA) is 12.9 Å². The van der Waals surface area contributed by atoms with Gasteiger partial charge in [-0.05, 0) is 31.4 Å². The molecule has 0 bridgehead atoms. The van der Waals surface area contributed by atoms with E-state index in [2.05, 4.69) is 37.9 Å². The molecule has 0 atom stereocenters. The molecule has 0 unspecified atom stereocenters. The Morgan fingerprint density at radius 2 is 1.91 bits per heavy atom. The van der Waals surface area contributed by atoms with E-state index < -0.39 is 0 Å². The fourth-order valence-electron chi connectivity index (χ4n) is 1.21. The summed E-state index contributed by atoms with van der Waals surface area (Å²) in [6.07, 6.45) is 2.12. The van der Waals surface area contributed by atoms with E-state index in [1.54, 1.807) is 0 Å². The Morgan fingerprint density at radius 1 is 1.18 bits per heavy atom. The molecule has 0 aliphatic rings. The van der Waals surface area contributed by atoms with Gasteiger partial charge in [0, 0.05) is 11.4 Å². The van der Waals surface area contributed by atoms with Crippen LogP contribution in [-0.2, 0) is 12.8 Å². The van der Waals surface area contributed by atoms with Crippen LogP contribution in [0.5, 0.6) is 0 Å². The van der Waals surface area contributed by atoms with Crippen LogP contribution in [0.1, 0.15) is 30.8 Å². The third-order valence-corrected chi connectivity index (χ3v) is 2.00. The maximum absolute atomic E-state index is 4.46. The Kier molecular flexibility index (Phi) is 2.64. The monoisotopic (exact) mass is 149 g/mol. The highest BCUT2D eigenvalue weighted by molar-refractivity contribution is 5.21. The van der Waals surface area contributed by atoms with E-state index in [9.17, 15) is 0 Å². The van der Waals surface area contributed by atoms with Crippen molar-refractivity contribution in [3.8, 4) is 0 Å². The Labute approximate surface area is 68.5 Å². The van der Waals surface area contributed by atoms with Gasteiger partial charge in [0.15, 0.2) is 0 Å². The highest BCUT2D eigenvalue weighted by Crippen LogP contribution is 2.07. The minimum Gasteiger partial charge on any atom is -0.258 e. The highest BCUT2D eigenvalue weighted by atomic mass is 14.7. The van der Waals surface area contributed by atoms with E-state index in [0.29, 0.717) is 0 Å². The fourth-order valence-corrected chi connectivity index (χ4v) is 1.21. The molecule has 1 heterocycles. The molecule has 0 radical (unpaired) electrons.